The molecule has 1 aromatic heterocycles. The van der Waals surface area contributed by atoms with Crippen molar-refractivity contribution in [2.75, 3.05) is 0 Å². The van der Waals surface area contributed by atoms with Crippen molar-refractivity contribution in [3.05, 3.63) is 12.7 Å². The number of rotatable bonds is 2. The summed E-state index contributed by atoms with van der Waals surface area (Å²) >= 11 is 0. The Bertz CT molecular complexity index is 203. The van der Waals surface area contributed by atoms with Crippen LogP contribution in [0.4, 0.5) is 0 Å². The zero-order valence-corrected chi connectivity index (χ0v) is 6.52. The van der Waals surface area contributed by atoms with E-state index in [-0.39, 0.29) is 25.0 Å². The summed E-state index contributed by atoms with van der Waals surface area (Å²) in [4.78, 5) is 13.5. The average Bonchev–Trinajstić information content (AvgIpc) is 2.15. The first-order valence-corrected chi connectivity index (χ1v) is 2.33. The predicted molar refractivity (Wildman–Crippen MR) is 28.8 cm³/mol. The monoisotopic (exact) mass is 207 g/mol. The third-order valence-electron chi connectivity index (χ3n) is 0.764. The molecule has 0 aliphatic carbocycles. The highest BCUT2D eigenvalue weighted by molar-refractivity contribution is 5.66. The molecule has 5 nitrogen and oxygen atoms in total. The molecule has 0 saturated carbocycles. The quantitative estimate of drug-likeness (QED) is 0.547. The van der Waals surface area contributed by atoms with E-state index in [4.69, 9.17) is 5.11 Å². The fraction of sp³-hybridized carbons (Fsp3) is 0.250. The molecular formula is C4H6BrN3O2. The molecule has 0 bridgehead atoms. The molecule has 1 heterocycles. The Kier molecular flexibility index (Phi) is 3.63. The van der Waals surface area contributed by atoms with Crippen LogP contribution < -0.4 is 17.0 Å². The van der Waals surface area contributed by atoms with Crippen LogP contribution in [0.15, 0.2) is 12.7 Å². The van der Waals surface area contributed by atoms with Crippen LogP contribution in [0.2, 0.25) is 0 Å². The molecule has 1 rings (SSSR count). The fourth-order valence-electron chi connectivity index (χ4n) is 0.453. The van der Waals surface area contributed by atoms with Crippen LogP contribution in [-0.2, 0) is 11.3 Å². The first-order valence-electron chi connectivity index (χ1n) is 2.33. The van der Waals surface area contributed by atoms with Gasteiger partial charge in [0.15, 0.2) is 0 Å². The van der Waals surface area contributed by atoms with Crippen LogP contribution in [0.5, 0.6) is 0 Å². The standard InChI is InChI=1S/C4H5N3O2.BrH/c8-4(9)1-7-3-5-2-6-7;/h2-3H,1H2,(H,8,9);1H. The van der Waals surface area contributed by atoms with E-state index in [1.165, 1.54) is 17.3 Å². The van der Waals surface area contributed by atoms with Gasteiger partial charge in [0.1, 0.15) is 19.2 Å². The maximum absolute atomic E-state index is 9.98. The molecule has 1 aromatic rings. The SMILES string of the molecule is O=C(O)Cn1cncn1.[Br-].[H+]. The second-order valence-electron chi connectivity index (χ2n) is 1.49. The van der Waals surface area contributed by atoms with E-state index < -0.39 is 5.97 Å². The number of carboxylic acids is 1. The largest absolute Gasteiger partial charge is 1.00 e. The molecule has 0 saturated heterocycles. The third kappa shape index (κ3) is 2.58. The number of carboxylic acid groups (broad SMARTS) is 1. The van der Waals surface area contributed by atoms with E-state index in [9.17, 15) is 4.79 Å². The van der Waals surface area contributed by atoms with Gasteiger partial charge in [0.05, 0.1) is 0 Å². The van der Waals surface area contributed by atoms with Gasteiger partial charge >= 0.3 is 7.40 Å². The molecule has 0 aliphatic heterocycles. The van der Waals surface area contributed by atoms with Gasteiger partial charge in [0.25, 0.3) is 0 Å². The lowest BCUT2D eigenvalue weighted by molar-refractivity contribution is -0.137. The summed E-state index contributed by atoms with van der Waals surface area (Å²) in [5.41, 5.74) is 0. The molecular weight excluding hydrogens is 202 g/mol. The van der Waals surface area contributed by atoms with Gasteiger partial charge in [-0.05, 0) is 0 Å². The van der Waals surface area contributed by atoms with Crippen molar-refractivity contribution in [3.63, 3.8) is 0 Å². The Morgan fingerprint density at radius 1 is 1.80 bits per heavy atom. The minimum Gasteiger partial charge on any atom is -1.00 e. The van der Waals surface area contributed by atoms with Gasteiger partial charge in [-0.15, -0.1) is 0 Å². The second-order valence-corrected chi connectivity index (χ2v) is 1.49. The highest BCUT2D eigenvalue weighted by atomic mass is 79.9. The van der Waals surface area contributed by atoms with Gasteiger partial charge in [-0.3, -0.25) is 4.79 Å². The first-order chi connectivity index (χ1) is 4.29. The molecule has 0 amide bonds. The van der Waals surface area contributed by atoms with Gasteiger partial charge in [-0.25, -0.2) is 9.67 Å². The van der Waals surface area contributed by atoms with Gasteiger partial charge in [-0.2, -0.15) is 5.10 Å². The Hall–Kier alpha value is -0.910. The topological polar surface area (TPSA) is 68.0 Å². The summed E-state index contributed by atoms with van der Waals surface area (Å²) in [6.45, 7) is -0.125. The van der Waals surface area contributed by atoms with Crippen LogP contribution in [-0.4, -0.2) is 25.8 Å². The molecule has 0 radical (unpaired) electrons. The summed E-state index contributed by atoms with van der Waals surface area (Å²) in [5, 5.41) is 11.8. The van der Waals surface area contributed by atoms with E-state index in [0.717, 1.165) is 0 Å². The van der Waals surface area contributed by atoms with Gasteiger partial charge in [0, 0.05) is 0 Å². The van der Waals surface area contributed by atoms with Gasteiger partial charge < -0.3 is 22.1 Å². The Morgan fingerprint density at radius 3 is 2.90 bits per heavy atom. The average molecular weight is 208 g/mol. The van der Waals surface area contributed by atoms with Crippen LogP contribution >= 0.6 is 0 Å². The van der Waals surface area contributed by atoms with Crippen molar-refractivity contribution >= 4 is 5.97 Å². The van der Waals surface area contributed by atoms with Crippen molar-refractivity contribution in [3.8, 4) is 0 Å². The van der Waals surface area contributed by atoms with Gasteiger partial charge in [-0.1, -0.05) is 0 Å². The summed E-state index contributed by atoms with van der Waals surface area (Å²) in [6.07, 6.45) is 2.65. The van der Waals surface area contributed by atoms with E-state index in [0.29, 0.717) is 0 Å². The maximum Gasteiger partial charge on any atom is 1.00 e. The molecule has 0 aliphatic rings. The number of hydrogen-bond acceptors (Lipinski definition) is 3. The van der Waals surface area contributed by atoms with Crippen molar-refractivity contribution in [1.82, 2.24) is 14.8 Å². The number of nitrogens with zero attached hydrogens (tertiary/aromatic N) is 3. The van der Waals surface area contributed by atoms with Gasteiger partial charge in [0.2, 0.25) is 0 Å². The molecule has 0 spiro atoms. The number of halogens is 1. The molecule has 0 atom stereocenters. The van der Waals surface area contributed by atoms with E-state index >= 15 is 0 Å². The number of carbonyl (C=O) groups is 1. The van der Waals surface area contributed by atoms with Crippen LogP contribution in [0.3, 0.4) is 0 Å². The molecule has 0 fully saturated rings. The lowest BCUT2D eigenvalue weighted by Crippen LogP contribution is -3.00. The summed E-state index contributed by atoms with van der Waals surface area (Å²) in [7, 11) is 0. The van der Waals surface area contributed by atoms with Crippen molar-refractivity contribution in [2.24, 2.45) is 0 Å². The normalized spacial score (nSPS) is 8.40. The fourth-order valence-corrected chi connectivity index (χ4v) is 0.453. The molecule has 0 aromatic carbocycles. The van der Waals surface area contributed by atoms with Crippen LogP contribution in [0.1, 0.15) is 1.43 Å². The zero-order chi connectivity index (χ0) is 6.69. The third-order valence-corrected chi connectivity index (χ3v) is 0.764. The number of aromatic nitrogens is 3. The number of aliphatic carboxylic acids is 1. The van der Waals surface area contributed by atoms with Crippen molar-refractivity contribution < 1.29 is 28.3 Å². The van der Waals surface area contributed by atoms with E-state index in [1.807, 2.05) is 0 Å². The Balaban J connectivity index is 0. The summed E-state index contributed by atoms with van der Waals surface area (Å²) < 4.78 is 1.24. The molecule has 0 unspecified atom stereocenters. The highest BCUT2D eigenvalue weighted by Gasteiger charge is 1.96. The van der Waals surface area contributed by atoms with Crippen LogP contribution in [0, 0.1) is 0 Å². The molecule has 10 heavy (non-hydrogen) atoms. The Labute approximate surface area is 68.9 Å². The summed E-state index contributed by atoms with van der Waals surface area (Å²) in [5.74, 6) is -0.916. The van der Waals surface area contributed by atoms with Crippen molar-refractivity contribution in [2.45, 2.75) is 6.54 Å². The van der Waals surface area contributed by atoms with Crippen LogP contribution in [0.25, 0.3) is 0 Å². The predicted octanol–water partition coefficient (Wildman–Crippen LogP) is -3.52. The van der Waals surface area contributed by atoms with E-state index in [1.54, 1.807) is 0 Å². The molecule has 56 valence electrons. The number of hydrogen-bond donors (Lipinski definition) is 1. The smallest absolute Gasteiger partial charge is 1.00 e. The molecule has 6 heteroatoms. The summed E-state index contributed by atoms with van der Waals surface area (Å²) in [6, 6.07) is 0. The minimum absolute atomic E-state index is 0. The zero-order valence-electron chi connectivity index (χ0n) is 5.94. The second kappa shape index (κ2) is 3.99. The highest BCUT2D eigenvalue weighted by Crippen LogP contribution is 1.77. The Morgan fingerprint density at radius 2 is 2.50 bits per heavy atom. The molecule has 1 N–H and O–H groups in total. The van der Waals surface area contributed by atoms with Crippen molar-refractivity contribution in [1.29, 1.82) is 0 Å². The first kappa shape index (κ1) is 9.09. The minimum atomic E-state index is -0.916. The lowest BCUT2D eigenvalue weighted by atomic mass is 10.7. The van der Waals surface area contributed by atoms with E-state index in [2.05, 4.69) is 10.1 Å². The lowest BCUT2D eigenvalue weighted by Gasteiger charge is -1.89. The maximum atomic E-state index is 9.98.